The number of guanidine groups is 1. The van der Waals surface area contributed by atoms with Crippen molar-refractivity contribution in [2.75, 3.05) is 79.6 Å². The van der Waals surface area contributed by atoms with Gasteiger partial charge in [-0.3, -0.25) is 9.89 Å². The van der Waals surface area contributed by atoms with Crippen molar-refractivity contribution in [3.63, 3.8) is 0 Å². The molecular weight excluding hydrogens is 400 g/mol. The number of ether oxygens (including phenoxy) is 1. The van der Waals surface area contributed by atoms with E-state index < -0.39 is 0 Å². The molecule has 2 N–H and O–H groups in total. The molecule has 32 heavy (non-hydrogen) atoms. The monoisotopic (exact) mass is 444 g/mol. The molecule has 2 atom stereocenters. The van der Waals surface area contributed by atoms with Gasteiger partial charge in [-0.05, 0) is 56.1 Å². The Morgan fingerprint density at radius 3 is 2.19 bits per heavy atom. The highest BCUT2D eigenvalue weighted by Crippen LogP contribution is 2.26. The number of likely N-dealkylation sites (N-methyl/N-ethyl adjacent to an activating group) is 1. The number of nitrogens with one attached hydrogen (secondary N) is 2. The van der Waals surface area contributed by atoms with Crippen LogP contribution < -0.4 is 15.4 Å². The SMILES string of the molecule is CCN1CCN(CC(C)CNC(=NC)NCC(c2ccc(OC)cc2)N2CCCC2)CC1. The lowest BCUT2D eigenvalue weighted by molar-refractivity contribution is 0.124. The number of rotatable bonds is 10. The number of methoxy groups -OCH3 is 1. The molecule has 0 amide bonds. The van der Waals surface area contributed by atoms with Crippen molar-refractivity contribution >= 4 is 5.96 Å². The van der Waals surface area contributed by atoms with Crippen LogP contribution in [0.25, 0.3) is 0 Å². The van der Waals surface area contributed by atoms with Crippen molar-refractivity contribution in [2.24, 2.45) is 10.9 Å². The van der Waals surface area contributed by atoms with Crippen LogP contribution in [-0.4, -0.2) is 100 Å². The summed E-state index contributed by atoms with van der Waals surface area (Å²) in [6.07, 6.45) is 2.56. The van der Waals surface area contributed by atoms with E-state index in [2.05, 4.69) is 68.4 Å². The average molecular weight is 445 g/mol. The minimum atomic E-state index is 0.342. The van der Waals surface area contributed by atoms with Crippen LogP contribution in [0.5, 0.6) is 5.75 Å². The maximum atomic E-state index is 5.35. The predicted octanol–water partition coefficient (Wildman–Crippen LogP) is 2.27. The van der Waals surface area contributed by atoms with Crippen molar-refractivity contribution in [2.45, 2.75) is 32.7 Å². The van der Waals surface area contributed by atoms with Gasteiger partial charge < -0.3 is 25.2 Å². The summed E-state index contributed by atoms with van der Waals surface area (Å²) in [5, 5.41) is 7.15. The molecule has 2 fully saturated rings. The molecule has 0 radical (unpaired) electrons. The van der Waals surface area contributed by atoms with Crippen molar-refractivity contribution in [3.8, 4) is 5.75 Å². The normalized spacial score (nSPS) is 20.8. The quantitative estimate of drug-likeness (QED) is 0.427. The van der Waals surface area contributed by atoms with E-state index in [4.69, 9.17) is 4.74 Å². The molecular formula is C25H44N6O. The van der Waals surface area contributed by atoms with Crippen LogP contribution in [0.3, 0.4) is 0 Å². The van der Waals surface area contributed by atoms with Gasteiger partial charge in [0.2, 0.25) is 0 Å². The van der Waals surface area contributed by atoms with E-state index in [1.807, 2.05) is 7.05 Å². The van der Waals surface area contributed by atoms with Crippen molar-refractivity contribution in [1.82, 2.24) is 25.3 Å². The Kier molecular flexibility index (Phi) is 10.1. The molecule has 2 saturated heterocycles. The zero-order chi connectivity index (χ0) is 22.8. The first kappa shape index (κ1) is 24.8. The predicted molar refractivity (Wildman–Crippen MR) is 134 cm³/mol. The van der Waals surface area contributed by atoms with Gasteiger partial charge in [0.05, 0.1) is 13.2 Å². The largest absolute Gasteiger partial charge is 0.497 e. The summed E-state index contributed by atoms with van der Waals surface area (Å²) < 4.78 is 5.35. The van der Waals surface area contributed by atoms with Crippen LogP contribution >= 0.6 is 0 Å². The van der Waals surface area contributed by atoms with Crippen molar-refractivity contribution < 1.29 is 4.74 Å². The van der Waals surface area contributed by atoms with Crippen molar-refractivity contribution in [1.29, 1.82) is 0 Å². The third-order valence-electron chi connectivity index (χ3n) is 6.87. The molecule has 1 aromatic rings. The zero-order valence-electron chi connectivity index (χ0n) is 20.6. The highest BCUT2D eigenvalue weighted by Gasteiger charge is 2.24. The zero-order valence-corrected chi connectivity index (χ0v) is 20.6. The summed E-state index contributed by atoms with van der Waals surface area (Å²) >= 11 is 0. The van der Waals surface area contributed by atoms with E-state index in [0.29, 0.717) is 12.0 Å². The summed E-state index contributed by atoms with van der Waals surface area (Å²) in [5.74, 6) is 2.38. The molecule has 2 heterocycles. The molecule has 0 aliphatic carbocycles. The van der Waals surface area contributed by atoms with Crippen LogP contribution in [0.1, 0.15) is 38.3 Å². The third-order valence-corrected chi connectivity index (χ3v) is 6.87. The Hall–Kier alpha value is -1.83. The highest BCUT2D eigenvalue weighted by atomic mass is 16.5. The summed E-state index contributed by atoms with van der Waals surface area (Å²) in [6, 6.07) is 8.86. The average Bonchev–Trinajstić information content (AvgIpc) is 3.36. The number of piperazine rings is 1. The highest BCUT2D eigenvalue weighted by molar-refractivity contribution is 5.79. The van der Waals surface area contributed by atoms with E-state index in [1.54, 1.807) is 7.11 Å². The van der Waals surface area contributed by atoms with E-state index in [9.17, 15) is 0 Å². The second-order valence-electron chi connectivity index (χ2n) is 9.21. The van der Waals surface area contributed by atoms with Crippen molar-refractivity contribution in [3.05, 3.63) is 29.8 Å². The number of hydrogen-bond acceptors (Lipinski definition) is 5. The smallest absolute Gasteiger partial charge is 0.191 e. The summed E-state index contributed by atoms with van der Waals surface area (Å²) in [7, 11) is 3.58. The molecule has 2 aliphatic heterocycles. The van der Waals surface area contributed by atoms with Gasteiger partial charge in [-0.2, -0.15) is 0 Å². The number of likely N-dealkylation sites (tertiary alicyclic amines) is 1. The van der Waals surface area contributed by atoms with Crippen LogP contribution in [0.15, 0.2) is 29.3 Å². The molecule has 7 heteroatoms. The maximum absolute atomic E-state index is 5.35. The summed E-state index contributed by atoms with van der Waals surface area (Å²) in [4.78, 5) is 12.2. The summed E-state index contributed by atoms with van der Waals surface area (Å²) in [6.45, 7) is 15.8. The molecule has 180 valence electrons. The number of benzene rings is 1. The lowest BCUT2D eigenvalue weighted by atomic mass is 10.1. The number of hydrogen-bond donors (Lipinski definition) is 2. The molecule has 7 nitrogen and oxygen atoms in total. The summed E-state index contributed by atoms with van der Waals surface area (Å²) in [5.41, 5.74) is 1.33. The first-order valence-electron chi connectivity index (χ1n) is 12.4. The minimum Gasteiger partial charge on any atom is -0.497 e. The van der Waals surface area contributed by atoms with Crippen LogP contribution in [0, 0.1) is 5.92 Å². The topological polar surface area (TPSA) is 55.4 Å². The molecule has 1 aromatic carbocycles. The number of aliphatic imine (C=N–C) groups is 1. The molecule has 2 aliphatic rings. The van der Waals surface area contributed by atoms with E-state index in [0.717, 1.165) is 44.4 Å². The maximum Gasteiger partial charge on any atom is 0.191 e. The van der Waals surface area contributed by atoms with Crippen LogP contribution in [-0.2, 0) is 0 Å². The third kappa shape index (κ3) is 7.36. The fourth-order valence-electron chi connectivity index (χ4n) is 4.82. The second kappa shape index (κ2) is 13.0. The van der Waals surface area contributed by atoms with Gasteiger partial charge in [0.1, 0.15) is 5.75 Å². The molecule has 0 bridgehead atoms. The van der Waals surface area contributed by atoms with Gasteiger partial charge in [-0.15, -0.1) is 0 Å². The lowest BCUT2D eigenvalue weighted by Gasteiger charge is -2.35. The minimum absolute atomic E-state index is 0.342. The Morgan fingerprint density at radius 1 is 0.969 bits per heavy atom. The van der Waals surface area contributed by atoms with Crippen LogP contribution in [0.4, 0.5) is 0 Å². The van der Waals surface area contributed by atoms with Gasteiger partial charge >= 0.3 is 0 Å². The van der Waals surface area contributed by atoms with Gasteiger partial charge in [0, 0.05) is 52.9 Å². The molecule has 0 saturated carbocycles. The van der Waals surface area contributed by atoms with Gasteiger partial charge in [-0.25, -0.2) is 0 Å². The van der Waals surface area contributed by atoms with Gasteiger partial charge in [0.25, 0.3) is 0 Å². The molecule has 0 aromatic heterocycles. The lowest BCUT2D eigenvalue weighted by Crippen LogP contribution is -2.49. The fourth-order valence-corrected chi connectivity index (χ4v) is 4.82. The van der Waals surface area contributed by atoms with Crippen LogP contribution in [0.2, 0.25) is 0 Å². The Bertz CT molecular complexity index is 680. The standard InChI is InChI=1S/C25H44N6O/c1-5-29-14-16-30(17-15-29)20-21(2)18-27-25(26-3)28-19-24(31-12-6-7-13-31)22-8-10-23(32-4)11-9-22/h8-11,21,24H,5-7,12-20H2,1-4H3,(H2,26,27,28). The van der Waals surface area contributed by atoms with E-state index in [-0.39, 0.29) is 0 Å². The Balaban J connectivity index is 1.47. The van der Waals surface area contributed by atoms with E-state index in [1.165, 1.54) is 51.1 Å². The number of nitrogens with zero attached hydrogens (tertiary/aromatic N) is 4. The second-order valence-corrected chi connectivity index (χ2v) is 9.21. The molecule has 2 unspecified atom stereocenters. The Morgan fingerprint density at radius 2 is 1.59 bits per heavy atom. The first-order valence-corrected chi connectivity index (χ1v) is 12.4. The first-order chi connectivity index (χ1) is 15.6. The Labute approximate surface area is 195 Å². The van der Waals surface area contributed by atoms with E-state index >= 15 is 0 Å². The van der Waals surface area contributed by atoms with Gasteiger partial charge in [-0.1, -0.05) is 26.0 Å². The fraction of sp³-hybridized carbons (Fsp3) is 0.720. The molecule has 3 rings (SSSR count). The van der Waals surface area contributed by atoms with Gasteiger partial charge in [0.15, 0.2) is 5.96 Å². The molecule has 0 spiro atoms.